The summed E-state index contributed by atoms with van der Waals surface area (Å²) in [5.74, 6) is -3.66. The molecule has 3 aliphatic heterocycles. The molecule has 3 aromatic rings. The van der Waals surface area contributed by atoms with E-state index in [4.69, 9.17) is 9.47 Å². The first kappa shape index (κ1) is 25.7. The Bertz CT molecular complexity index is 1580. The van der Waals surface area contributed by atoms with Gasteiger partial charge in [-0.3, -0.25) is 14.4 Å². The SMILES string of the molecule is COc1ccc(C(=O)[C@@H]2[C@@H]3C(=O)N(c4ccccc4C(F)(F)F)C(=O)[C@H]3[C@@H]3c4ccccc4C=CN23)cc1OC. The number of carbonyl (C=O) groups is 3. The van der Waals surface area contributed by atoms with Gasteiger partial charge < -0.3 is 14.4 Å². The minimum Gasteiger partial charge on any atom is -0.493 e. The fourth-order valence-electron chi connectivity index (χ4n) is 6.16. The van der Waals surface area contributed by atoms with Crippen molar-refractivity contribution in [3.05, 3.63) is 95.2 Å². The Morgan fingerprint density at radius 3 is 2.25 bits per heavy atom. The monoisotopic (exact) mass is 548 g/mol. The molecule has 0 radical (unpaired) electrons. The molecule has 3 aliphatic rings. The molecule has 3 heterocycles. The Labute approximate surface area is 227 Å². The average molecular weight is 549 g/mol. The van der Waals surface area contributed by atoms with Gasteiger partial charge in [-0.15, -0.1) is 0 Å². The van der Waals surface area contributed by atoms with E-state index in [1.165, 1.54) is 38.5 Å². The number of halogens is 3. The van der Waals surface area contributed by atoms with Crippen molar-refractivity contribution < 1.29 is 37.0 Å². The summed E-state index contributed by atoms with van der Waals surface area (Å²) in [6.45, 7) is 0. The van der Waals surface area contributed by atoms with Crippen LogP contribution in [0.25, 0.3) is 6.08 Å². The fourth-order valence-corrected chi connectivity index (χ4v) is 6.16. The van der Waals surface area contributed by atoms with Crippen molar-refractivity contribution in [2.45, 2.75) is 18.3 Å². The Morgan fingerprint density at radius 1 is 0.850 bits per heavy atom. The highest BCUT2D eigenvalue weighted by molar-refractivity contribution is 6.25. The highest BCUT2D eigenvalue weighted by Crippen LogP contribution is 2.54. The van der Waals surface area contributed by atoms with E-state index in [-0.39, 0.29) is 5.56 Å². The number of amides is 2. The lowest BCUT2D eigenvalue weighted by Gasteiger charge is -2.35. The maximum absolute atomic E-state index is 14.1. The lowest BCUT2D eigenvalue weighted by atomic mass is 9.83. The maximum atomic E-state index is 14.1. The molecule has 10 heteroatoms. The fraction of sp³-hybridized carbons (Fsp3) is 0.233. The van der Waals surface area contributed by atoms with Gasteiger partial charge in [-0.1, -0.05) is 36.4 Å². The molecule has 0 aliphatic carbocycles. The van der Waals surface area contributed by atoms with E-state index in [1.807, 2.05) is 12.1 Å². The molecule has 0 saturated carbocycles. The number of Topliss-reactive ketones (excluding diaryl/α,β-unsaturated/α-hetero) is 1. The lowest BCUT2D eigenvalue weighted by molar-refractivity contribution is -0.137. The molecule has 2 fully saturated rings. The Kier molecular flexibility index (Phi) is 5.94. The van der Waals surface area contributed by atoms with Crippen LogP contribution >= 0.6 is 0 Å². The maximum Gasteiger partial charge on any atom is 0.418 e. The highest BCUT2D eigenvalue weighted by atomic mass is 19.4. The number of ether oxygens (including phenoxy) is 2. The lowest BCUT2D eigenvalue weighted by Crippen LogP contribution is -2.44. The minimum atomic E-state index is -4.80. The number of rotatable bonds is 5. The molecule has 6 rings (SSSR count). The Morgan fingerprint density at radius 2 is 1.52 bits per heavy atom. The van der Waals surface area contributed by atoms with Crippen LogP contribution in [-0.2, 0) is 15.8 Å². The molecule has 2 amide bonds. The van der Waals surface area contributed by atoms with E-state index >= 15 is 0 Å². The van der Waals surface area contributed by atoms with Crippen molar-refractivity contribution in [1.29, 1.82) is 0 Å². The second kappa shape index (κ2) is 9.25. The quantitative estimate of drug-likeness (QED) is 0.326. The van der Waals surface area contributed by atoms with Crippen molar-refractivity contribution in [2.24, 2.45) is 11.8 Å². The molecular weight excluding hydrogens is 525 g/mol. The highest BCUT2D eigenvalue weighted by Gasteiger charge is 2.65. The molecule has 4 atom stereocenters. The van der Waals surface area contributed by atoms with Gasteiger partial charge in [-0.2, -0.15) is 13.2 Å². The minimum absolute atomic E-state index is 0.212. The van der Waals surface area contributed by atoms with Crippen LogP contribution in [0.3, 0.4) is 0 Å². The standard InChI is InChI=1S/C30H23F3N2O5/c1-39-21-12-11-17(15-22(21)40-2)27(36)26-24-23(25-18-8-4-3-7-16(18)13-14-34(25)26)28(37)35(29(24)38)20-10-6-5-9-19(20)30(31,32)33/h3-15,23-26H,1-2H3/t23-,24-,25+,26+/m1/s1. The molecule has 3 aromatic carbocycles. The summed E-state index contributed by atoms with van der Waals surface area (Å²) in [5, 5.41) is 0. The van der Waals surface area contributed by atoms with Crippen molar-refractivity contribution in [1.82, 2.24) is 4.90 Å². The summed E-state index contributed by atoms with van der Waals surface area (Å²) in [5.41, 5.74) is 0.0951. The summed E-state index contributed by atoms with van der Waals surface area (Å²) >= 11 is 0. The third-order valence-corrected chi connectivity index (χ3v) is 7.85. The zero-order chi connectivity index (χ0) is 28.3. The number of fused-ring (bicyclic) bond motifs is 5. The van der Waals surface area contributed by atoms with Gasteiger partial charge in [0.2, 0.25) is 11.8 Å². The van der Waals surface area contributed by atoms with Crippen LogP contribution in [0.5, 0.6) is 11.5 Å². The zero-order valence-electron chi connectivity index (χ0n) is 21.4. The van der Waals surface area contributed by atoms with E-state index in [9.17, 15) is 27.6 Å². The van der Waals surface area contributed by atoms with E-state index in [2.05, 4.69) is 0 Å². The predicted molar refractivity (Wildman–Crippen MR) is 139 cm³/mol. The molecule has 2 saturated heterocycles. The summed E-state index contributed by atoms with van der Waals surface area (Å²) < 4.78 is 52.4. The van der Waals surface area contributed by atoms with Gasteiger partial charge in [-0.25, -0.2) is 4.90 Å². The summed E-state index contributed by atoms with van der Waals surface area (Å²) in [6, 6.07) is 14.5. The molecule has 7 nitrogen and oxygen atoms in total. The van der Waals surface area contributed by atoms with Crippen LogP contribution in [0, 0.1) is 11.8 Å². The first-order valence-electron chi connectivity index (χ1n) is 12.5. The molecule has 0 N–H and O–H groups in total. The third kappa shape index (κ3) is 3.70. The predicted octanol–water partition coefficient (Wildman–Crippen LogP) is 5.12. The zero-order valence-corrected chi connectivity index (χ0v) is 21.4. The van der Waals surface area contributed by atoms with Gasteiger partial charge in [0, 0.05) is 11.8 Å². The van der Waals surface area contributed by atoms with Gasteiger partial charge in [0.15, 0.2) is 17.3 Å². The van der Waals surface area contributed by atoms with Crippen molar-refractivity contribution >= 4 is 29.4 Å². The Balaban J connectivity index is 1.50. The molecule has 40 heavy (non-hydrogen) atoms. The number of alkyl halides is 3. The molecular formula is C30H23F3N2O5. The number of carbonyl (C=O) groups excluding carboxylic acids is 3. The molecule has 0 unspecified atom stereocenters. The number of ketones is 1. The number of hydrogen-bond acceptors (Lipinski definition) is 6. The van der Waals surface area contributed by atoms with E-state index < -0.39 is 58.9 Å². The van der Waals surface area contributed by atoms with Crippen molar-refractivity contribution in [2.75, 3.05) is 19.1 Å². The first-order chi connectivity index (χ1) is 19.2. The Hall–Kier alpha value is -4.60. The van der Waals surface area contributed by atoms with Gasteiger partial charge >= 0.3 is 6.18 Å². The van der Waals surface area contributed by atoms with E-state index in [0.29, 0.717) is 16.4 Å². The van der Waals surface area contributed by atoms with E-state index in [1.54, 1.807) is 35.4 Å². The first-order valence-corrected chi connectivity index (χ1v) is 12.5. The van der Waals surface area contributed by atoms with Gasteiger partial charge in [-0.05, 0) is 47.5 Å². The summed E-state index contributed by atoms with van der Waals surface area (Å²) in [7, 11) is 2.88. The smallest absolute Gasteiger partial charge is 0.418 e. The van der Waals surface area contributed by atoms with E-state index in [0.717, 1.165) is 23.3 Å². The number of methoxy groups -OCH3 is 2. The van der Waals surface area contributed by atoms with Gasteiger partial charge in [0.1, 0.15) is 6.04 Å². The van der Waals surface area contributed by atoms with Crippen LogP contribution in [0.1, 0.15) is 33.1 Å². The van der Waals surface area contributed by atoms with Gasteiger partial charge in [0.25, 0.3) is 0 Å². The number of anilines is 1. The number of benzene rings is 3. The average Bonchev–Trinajstić information content (AvgIpc) is 3.43. The molecule has 0 aromatic heterocycles. The second-order valence-corrected chi connectivity index (χ2v) is 9.79. The second-order valence-electron chi connectivity index (χ2n) is 9.79. The largest absolute Gasteiger partial charge is 0.493 e. The van der Waals surface area contributed by atoms with Crippen LogP contribution in [0.15, 0.2) is 72.9 Å². The number of imide groups is 1. The molecule has 204 valence electrons. The summed E-state index contributed by atoms with van der Waals surface area (Å²) in [6.07, 6.45) is -1.31. The van der Waals surface area contributed by atoms with Crippen LogP contribution < -0.4 is 14.4 Å². The number of para-hydroxylation sites is 1. The third-order valence-electron chi connectivity index (χ3n) is 7.85. The molecule has 0 bridgehead atoms. The van der Waals surface area contributed by atoms with Crippen LogP contribution in [-0.4, -0.2) is 42.8 Å². The van der Waals surface area contributed by atoms with Crippen molar-refractivity contribution in [3.63, 3.8) is 0 Å². The topological polar surface area (TPSA) is 76.2 Å². The summed E-state index contributed by atoms with van der Waals surface area (Å²) in [4.78, 5) is 44.4. The molecule has 0 spiro atoms. The van der Waals surface area contributed by atoms with Crippen LogP contribution in [0.4, 0.5) is 18.9 Å². The van der Waals surface area contributed by atoms with Crippen molar-refractivity contribution in [3.8, 4) is 11.5 Å². The van der Waals surface area contributed by atoms with Gasteiger partial charge in [0.05, 0.1) is 43.3 Å². The number of hydrogen-bond donors (Lipinski definition) is 0. The normalized spacial score (nSPS) is 23.1. The number of nitrogens with zero attached hydrogens (tertiary/aromatic N) is 2. The van der Waals surface area contributed by atoms with Crippen LogP contribution in [0.2, 0.25) is 0 Å².